The fourth-order valence-electron chi connectivity index (χ4n) is 0.595. The molecule has 62 valence electrons. The zero-order valence-electron chi connectivity index (χ0n) is 5.55. The lowest BCUT2D eigenvalue weighted by molar-refractivity contribution is 0.621. The summed E-state index contributed by atoms with van der Waals surface area (Å²) >= 11 is 5.42. The standard InChI is InChI=1S/C6H6ClFN2.ClH/c7-2-6-5(9)1-4(8)3-10-6;/h1,3H,2,9H2;1H. The molecule has 11 heavy (non-hydrogen) atoms. The molecule has 0 saturated heterocycles. The fourth-order valence-corrected chi connectivity index (χ4v) is 0.818. The molecule has 0 amide bonds. The predicted octanol–water partition coefficient (Wildman–Crippen LogP) is 1.96. The number of pyridine rings is 1. The summed E-state index contributed by atoms with van der Waals surface area (Å²) in [7, 11) is 0. The molecule has 1 heterocycles. The third kappa shape index (κ3) is 2.52. The number of rotatable bonds is 1. The van der Waals surface area contributed by atoms with Gasteiger partial charge in [0, 0.05) is 6.07 Å². The zero-order valence-corrected chi connectivity index (χ0v) is 7.12. The Labute approximate surface area is 75.0 Å². The van der Waals surface area contributed by atoms with E-state index in [1.807, 2.05) is 0 Å². The lowest BCUT2D eigenvalue weighted by Gasteiger charge is -1.98. The lowest BCUT2D eigenvalue weighted by Crippen LogP contribution is -1.95. The van der Waals surface area contributed by atoms with Crippen molar-refractivity contribution in [2.75, 3.05) is 5.73 Å². The highest BCUT2D eigenvalue weighted by Gasteiger charge is 1.99. The van der Waals surface area contributed by atoms with E-state index in [1.54, 1.807) is 0 Å². The molecule has 1 aromatic heterocycles. The summed E-state index contributed by atoms with van der Waals surface area (Å²) in [6.45, 7) is 0. The van der Waals surface area contributed by atoms with Crippen molar-refractivity contribution in [1.29, 1.82) is 0 Å². The maximum absolute atomic E-state index is 12.3. The van der Waals surface area contributed by atoms with Gasteiger partial charge in [0.25, 0.3) is 0 Å². The van der Waals surface area contributed by atoms with E-state index in [4.69, 9.17) is 17.3 Å². The van der Waals surface area contributed by atoms with Gasteiger partial charge in [-0.3, -0.25) is 4.98 Å². The van der Waals surface area contributed by atoms with E-state index in [-0.39, 0.29) is 18.3 Å². The van der Waals surface area contributed by atoms with E-state index >= 15 is 0 Å². The van der Waals surface area contributed by atoms with E-state index in [1.165, 1.54) is 6.07 Å². The normalized spacial score (nSPS) is 8.91. The number of nitrogen functional groups attached to an aromatic ring is 1. The highest BCUT2D eigenvalue weighted by molar-refractivity contribution is 6.17. The van der Waals surface area contributed by atoms with Gasteiger partial charge in [-0.1, -0.05) is 0 Å². The Morgan fingerprint density at radius 2 is 2.27 bits per heavy atom. The summed E-state index contributed by atoms with van der Waals surface area (Å²) < 4.78 is 12.3. The average Bonchev–Trinajstić information content (AvgIpc) is 1.88. The number of hydrogen-bond donors (Lipinski definition) is 1. The fraction of sp³-hybridized carbons (Fsp3) is 0.167. The molecule has 0 unspecified atom stereocenters. The van der Waals surface area contributed by atoms with Crippen molar-refractivity contribution in [3.63, 3.8) is 0 Å². The first-order valence-electron chi connectivity index (χ1n) is 2.70. The largest absolute Gasteiger partial charge is 0.397 e. The molecule has 1 aromatic rings. The molecule has 2 nitrogen and oxygen atoms in total. The van der Waals surface area contributed by atoms with Crippen molar-refractivity contribution in [3.05, 3.63) is 23.8 Å². The van der Waals surface area contributed by atoms with Crippen LogP contribution in [0.2, 0.25) is 0 Å². The van der Waals surface area contributed by atoms with Gasteiger partial charge in [-0.25, -0.2) is 4.39 Å². The van der Waals surface area contributed by atoms with E-state index in [9.17, 15) is 4.39 Å². The van der Waals surface area contributed by atoms with Gasteiger partial charge in [0.2, 0.25) is 0 Å². The first-order valence-corrected chi connectivity index (χ1v) is 3.23. The van der Waals surface area contributed by atoms with Gasteiger partial charge < -0.3 is 5.73 Å². The van der Waals surface area contributed by atoms with E-state index < -0.39 is 5.82 Å². The monoisotopic (exact) mass is 196 g/mol. The molecule has 0 aliphatic rings. The maximum atomic E-state index is 12.3. The van der Waals surface area contributed by atoms with Crippen molar-refractivity contribution in [2.24, 2.45) is 0 Å². The van der Waals surface area contributed by atoms with Crippen LogP contribution in [0.4, 0.5) is 10.1 Å². The van der Waals surface area contributed by atoms with E-state index in [2.05, 4.69) is 4.98 Å². The van der Waals surface area contributed by atoms with Crippen LogP contribution in [0.5, 0.6) is 0 Å². The minimum Gasteiger partial charge on any atom is -0.397 e. The highest BCUT2D eigenvalue weighted by atomic mass is 35.5. The summed E-state index contributed by atoms with van der Waals surface area (Å²) in [6.07, 6.45) is 1.09. The second kappa shape index (κ2) is 4.36. The molecular weight excluding hydrogens is 190 g/mol. The molecule has 0 spiro atoms. The molecule has 0 radical (unpaired) electrons. The third-order valence-electron chi connectivity index (χ3n) is 1.10. The lowest BCUT2D eigenvalue weighted by atomic mass is 10.3. The minimum absolute atomic E-state index is 0. The van der Waals surface area contributed by atoms with Gasteiger partial charge in [-0.2, -0.15) is 0 Å². The van der Waals surface area contributed by atoms with E-state index in [0.717, 1.165) is 6.20 Å². The minimum atomic E-state index is -0.439. The Morgan fingerprint density at radius 3 is 2.73 bits per heavy atom. The zero-order chi connectivity index (χ0) is 7.56. The quantitative estimate of drug-likeness (QED) is 0.699. The SMILES string of the molecule is Cl.Nc1cc(F)cnc1CCl. The number of nitrogens with zero attached hydrogens (tertiary/aromatic N) is 1. The van der Waals surface area contributed by atoms with Crippen molar-refractivity contribution >= 4 is 29.7 Å². The second-order valence-electron chi connectivity index (χ2n) is 1.82. The summed E-state index contributed by atoms with van der Waals surface area (Å²) in [4.78, 5) is 3.66. The summed E-state index contributed by atoms with van der Waals surface area (Å²) in [5.41, 5.74) is 6.16. The van der Waals surface area contributed by atoms with Gasteiger partial charge in [0.05, 0.1) is 23.5 Å². The van der Waals surface area contributed by atoms with Crippen LogP contribution in [-0.2, 0) is 5.88 Å². The van der Waals surface area contributed by atoms with Gasteiger partial charge in [-0.15, -0.1) is 24.0 Å². The summed E-state index contributed by atoms with van der Waals surface area (Å²) in [5.74, 6) is -0.224. The summed E-state index contributed by atoms with van der Waals surface area (Å²) in [5, 5.41) is 0. The van der Waals surface area contributed by atoms with Crippen LogP contribution in [0.25, 0.3) is 0 Å². The molecule has 5 heteroatoms. The van der Waals surface area contributed by atoms with Gasteiger partial charge in [0.1, 0.15) is 5.82 Å². The molecule has 0 aliphatic carbocycles. The van der Waals surface area contributed by atoms with Crippen LogP contribution in [0, 0.1) is 5.82 Å². The van der Waals surface area contributed by atoms with Crippen molar-refractivity contribution in [1.82, 2.24) is 4.98 Å². The Kier molecular flexibility index (Phi) is 4.15. The Balaban J connectivity index is 0.000001000. The van der Waals surface area contributed by atoms with E-state index in [0.29, 0.717) is 11.4 Å². The molecule has 0 aromatic carbocycles. The number of nitrogens with two attached hydrogens (primary N) is 1. The molecule has 0 saturated carbocycles. The highest BCUT2D eigenvalue weighted by Crippen LogP contribution is 2.11. The molecule has 0 bridgehead atoms. The van der Waals surface area contributed by atoms with Crippen molar-refractivity contribution < 1.29 is 4.39 Å². The second-order valence-corrected chi connectivity index (χ2v) is 2.09. The first-order chi connectivity index (χ1) is 4.74. The molecule has 0 atom stereocenters. The number of halogens is 3. The number of aromatic nitrogens is 1. The van der Waals surface area contributed by atoms with Crippen LogP contribution in [0.15, 0.2) is 12.3 Å². The van der Waals surface area contributed by atoms with Crippen LogP contribution in [-0.4, -0.2) is 4.98 Å². The Hall–Kier alpha value is -0.540. The van der Waals surface area contributed by atoms with Crippen LogP contribution >= 0.6 is 24.0 Å². The topological polar surface area (TPSA) is 38.9 Å². The molecule has 1 rings (SSSR count). The number of alkyl halides is 1. The van der Waals surface area contributed by atoms with Gasteiger partial charge in [0.15, 0.2) is 0 Å². The van der Waals surface area contributed by atoms with Crippen molar-refractivity contribution in [3.8, 4) is 0 Å². The molecule has 2 N–H and O–H groups in total. The van der Waals surface area contributed by atoms with Crippen LogP contribution in [0.1, 0.15) is 5.69 Å². The van der Waals surface area contributed by atoms with Crippen LogP contribution in [0.3, 0.4) is 0 Å². The van der Waals surface area contributed by atoms with Crippen LogP contribution < -0.4 is 5.73 Å². The van der Waals surface area contributed by atoms with Gasteiger partial charge in [-0.05, 0) is 0 Å². The third-order valence-corrected chi connectivity index (χ3v) is 1.35. The van der Waals surface area contributed by atoms with Crippen molar-refractivity contribution in [2.45, 2.75) is 5.88 Å². The molecule has 0 aliphatic heterocycles. The Morgan fingerprint density at radius 1 is 1.64 bits per heavy atom. The average molecular weight is 197 g/mol. The number of hydrogen-bond acceptors (Lipinski definition) is 2. The number of anilines is 1. The molecule has 0 fully saturated rings. The first kappa shape index (κ1) is 10.5. The molecular formula is C6H7Cl2FN2. The summed E-state index contributed by atoms with van der Waals surface area (Å²) in [6, 6.07) is 1.20. The smallest absolute Gasteiger partial charge is 0.143 e. The maximum Gasteiger partial charge on any atom is 0.143 e. The Bertz CT molecular complexity index is 242. The van der Waals surface area contributed by atoms with Gasteiger partial charge >= 0.3 is 0 Å². The predicted molar refractivity (Wildman–Crippen MR) is 45.4 cm³/mol.